The lowest BCUT2D eigenvalue weighted by Gasteiger charge is -2.33. The lowest BCUT2D eigenvalue weighted by atomic mass is 9.71. The maximum absolute atomic E-state index is 12.9. The first-order chi connectivity index (χ1) is 10.5. The normalized spacial score (nSPS) is 23.8. The monoisotopic (exact) mass is 350 g/mol. The van der Waals surface area contributed by atoms with Gasteiger partial charge in [-0.05, 0) is 36.5 Å². The number of benzene rings is 1. The van der Waals surface area contributed by atoms with Crippen molar-refractivity contribution in [2.75, 3.05) is 0 Å². The predicted molar refractivity (Wildman–Crippen MR) is 82.0 cm³/mol. The Hall–Kier alpha value is -1.69. The van der Waals surface area contributed by atoms with Crippen LogP contribution in [-0.4, -0.2) is 16.4 Å². The average molecular weight is 351 g/mol. The molecule has 128 valence electrons. The topological polar surface area (TPSA) is 57.5 Å². The fourth-order valence-electron chi connectivity index (χ4n) is 2.75. The highest BCUT2D eigenvalue weighted by atomic mass is 35.5. The maximum atomic E-state index is 12.9. The first-order valence-corrected chi connectivity index (χ1v) is 7.30. The summed E-state index contributed by atoms with van der Waals surface area (Å²) in [6.45, 7) is 4.09. The van der Waals surface area contributed by atoms with Crippen molar-refractivity contribution in [1.82, 2.24) is 0 Å². The van der Waals surface area contributed by atoms with Gasteiger partial charge >= 0.3 is 12.3 Å². The summed E-state index contributed by atoms with van der Waals surface area (Å²) in [5, 5.41) is 13.7. The Labute approximate surface area is 137 Å². The molecule has 1 aliphatic rings. The second-order valence-electron chi connectivity index (χ2n) is 5.84. The van der Waals surface area contributed by atoms with Gasteiger partial charge in [-0.3, -0.25) is 0 Å². The van der Waals surface area contributed by atoms with Gasteiger partial charge < -0.3 is 10.2 Å². The fraction of sp³-hybridized carbons (Fsp3) is 0.438. The molecule has 0 unspecified atom stereocenters. The van der Waals surface area contributed by atoms with Crippen LogP contribution in [0.2, 0.25) is 5.02 Å². The molecule has 23 heavy (non-hydrogen) atoms. The van der Waals surface area contributed by atoms with Crippen molar-refractivity contribution in [3.05, 3.63) is 46.5 Å². The van der Waals surface area contributed by atoms with Gasteiger partial charge in [0, 0.05) is 5.41 Å². The van der Waals surface area contributed by atoms with Crippen molar-refractivity contribution < 1.29 is 28.2 Å². The van der Waals surface area contributed by atoms with Crippen LogP contribution in [0.15, 0.2) is 30.4 Å². The number of allylic oxidation sites excluding steroid dienone is 2. The molecule has 0 amide bonds. The molecule has 0 heterocycles. The largest absolute Gasteiger partial charge is 0.503 e. The van der Waals surface area contributed by atoms with Crippen LogP contribution in [0, 0.1) is 5.92 Å². The zero-order chi connectivity index (χ0) is 17.8. The lowest BCUT2D eigenvalue weighted by Crippen LogP contribution is -2.25. The molecule has 2 N–H and O–H groups in total. The van der Waals surface area contributed by atoms with Crippen LogP contribution in [0.1, 0.15) is 37.8 Å². The highest BCUT2D eigenvalue weighted by Crippen LogP contribution is 2.41. The fourth-order valence-corrected chi connectivity index (χ4v) is 2.97. The third kappa shape index (κ3) is 5.46. The van der Waals surface area contributed by atoms with Crippen molar-refractivity contribution in [2.24, 2.45) is 5.92 Å². The summed E-state index contributed by atoms with van der Waals surface area (Å²) in [6, 6.07) is 4.22. The van der Waals surface area contributed by atoms with Crippen molar-refractivity contribution in [2.45, 2.75) is 38.3 Å². The number of hydrogen-bond donors (Lipinski definition) is 2. The summed E-state index contributed by atoms with van der Waals surface area (Å²) >= 11 is 5.66. The van der Waals surface area contributed by atoms with Gasteiger partial charge in [-0.1, -0.05) is 43.7 Å². The van der Waals surface area contributed by atoms with Crippen LogP contribution in [-0.2, 0) is 11.6 Å². The van der Waals surface area contributed by atoms with E-state index in [-0.39, 0.29) is 10.4 Å². The summed E-state index contributed by atoms with van der Waals surface area (Å²) in [5.74, 6) is 0.472. The Morgan fingerprint density at radius 2 is 1.91 bits per heavy atom. The van der Waals surface area contributed by atoms with E-state index in [0.29, 0.717) is 11.5 Å². The number of halogens is 4. The van der Waals surface area contributed by atoms with E-state index < -0.39 is 17.9 Å². The van der Waals surface area contributed by atoms with Crippen LogP contribution < -0.4 is 0 Å². The summed E-state index contributed by atoms with van der Waals surface area (Å²) in [5.41, 5.74) is -0.422. The maximum Gasteiger partial charge on any atom is 0.503 e. The molecule has 2 atom stereocenters. The van der Waals surface area contributed by atoms with Crippen LogP contribution in [0.25, 0.3) is 0 Å². The predicted octanol–water partition coefficient (Wildman–Crippen LogP) is 5.83. The highest BCUT2D eigenvalue weighted by molar-refractivity contribution is 6.31. The van der Waals surface area contributed by atoms with Crippen LogP contribution >= 0.6 is 11.6 Å². The van der Waals surface area contributed by atoms with E-state index in [1.54, 1.807) is 6.07 Å². The zero-order valence-corrected chi connectivity index (χ0v) is 13.4. The zero-order valence-electron chi connectivity index (χ0n) is 12.7. The van der Waals surface area contributed by atoms with Gasteiger partial charge in [0.05, 0.1) is 10.6 Å². The summed E-state index contributed by atoms with van der Waals surface area (Å²) in [6.07, 6.45) is -0.350. The molecular formula is C16H18ClF3O3. The molecule has 2 rings (SSSR count). The molecule has 1 aromatic carbocycles. The molecule has 7 heteroatoms. The van der Waals surface area contributed by atoms with E-state index in [4.69, 9.17) is 26.6 Å². The molecule has 0 fully saturated rings. The van der Waals surface area contributed by atoms with E-state index in [1.165, 1.54) is 12.1 Å². The molecule has 0 aromatic heterocycles. The Morgan fingerprint density at radius 1 is 1.35 bits per heavy atom. The molecule has 0 radical (unpaired) electrons. The second kappa shape index (κ2) is 7.25. The van der Waals surface area contributed by atoms with E-state index in [2.05, 4.69) is 13.0 Å². The van der Waals surface area contributed by atoms with Gasteiger partial charge in [-0.15, -0.1) is 0 Å². The number of alkyl halides is 3. The minimum absolute atomic E-state index is 0.243. The minimum Gasteiger partial charge on any atom is -0.450 e. The second-order valence-corrected chi connectivity index (χ2v) is 6.25. The standard InChI is InChI=1S/C15H16ClF3.CH2O3/c1-10-4-3-7-14(2,9-10)11-5-6-13(16)12(8-11)15(17,18)19;2-1(3)4/h3,5-8,10H,4,9H2,1-2H3;(H2,2,3,4)/t10-,14+;/m1./s1. The Kier molecular flexibility index (Phi) is 6.11. The summed E-state index contributed by atoms with van der Waals surface area (Å²) in [7, 11) is 0. The number of rotatable bonds is 1. The van der Waals surface area contributed by atoms with Gasteiger partial charge in [-0.25, -0.2) is 4.79 Å². The van der Waals surface area contributed by atoms with Crippen LogP contribution in [0.4, 0.5) is 18.0 Å². The molecule has 3 nitrogen and oxygen atoms in total. The summed E-state index contributed by atoms with van der Waals surface area (Å²) < 4.78 is 38.7. The van der Waals surface area contributed by atoms with Crippen molar-refractivity contribution in [1.29, 1.82) is 0 Å². The Morgan fingerprint density at radius 3 is 2.39 bits per heavy atom. The summed E-state index contributed by atoms with van der Waals surface area (Å²) in [4.78, 5) is 8.56. The van der Waals surface area contributed by atoms with E-state index >= 15 is 0 Å². The average Bonchev–Trinajstić information content (AvgIpc) is 2.36. The van der Waals surface area contributed by atoms with E-state index in [1.807, 2.05) is 13.0 Å². The van der Waals surface area contributed by atoms with Gasteiger partial charge in [0.15, 0.2) is 0 Å². The first-order valence-electron chi connectivity index (χ1n) is 6.92. The number of carboxylic acid groups (broad SMARTS) is 2. The number of hydrogen-bond acceptors (Lipinski definition) is 1. The Balaban J connectivity index is 0.000000593. The molecular weight excluding hydrogens is 333 g/mol. The van der Waals surface area contributed by atoms with Crippen LogP contribution in [0.5, 0.6) is 0 Å². The van der Waals surface area contributed by atoms with E-state index in [9.17, 15) is 13.2 Å². The lowest BCUT2D eigenvalue weighted by molar-refractivity contribution is -0.137. The van der Waals surface area contributed by atoms with Gasteiger partial charge in [0.1, 0.15) is 0 Å². The SMILES string of the molecule is C[C@@H]1CC=C[C@](C)(c2ccc(Cl)c(C(F)(F)F)c2)C1.O=C(O)O. The smallest absolute Gasteiger partial charge is 0.450 e. The van der Waals surface area contributed by atoms with E-state index in [0.717, 1.165) is 12.8 Å². The van der Waals surface area contributed by atoms with Gasteiger partial charge in [0.25, 0.3) is 0 Å². The third-order valence-corrected chi connectivity index (χ3v) is 4.06. The van der Waals surface area contributed by atoms with Gasteiger partial charge in [0.2, 0.25) is 0 Å². The quantitative estimate of drug-likeness (QED) is 0.627. The molecule has 0 saturated heterocycles. The Bertz CT molecular complexity index is 595. The van der Waals surface area contributed by atoms with Crippen molar-refractivity contribution in [3.8, 4) is 0 Å². The third-order valence-electron chi connectivity index (χ3n) is 3.73. The molecule has 0 saturated carbocycles. The highest BCUT2D eigenvalue weighted by Gasteiger charge is 2.36. The number of carbonyl (C=O) groups is 1. The van der Waals surface area contributed by atoms with Crippen molar-refractivity contribution in [3.63, 3.8) is 0 Å². The first kappa shape index (κ1) is 19.4. The minimum atomic E-state index is -4.41. The molecule has 0 bridgehead atoms. The molecule has 0 spiro atoms. The molecule has 0 aliphatic heterocycles. The van der Waals surface area contributed by atoms with Gasteiger partial charge in [-0.2, -0.15) is 13.2 Å². The van der Waals surface area contributed by atoms with Crippen LogP contribution in [0.3, 0.4) is 0 Å². The van der Waals surface area contributed by atoms with Crippen molar-refractivity contribution >= 4 is 17.8 Å². The molecule has 1 aliphatic carbocycles. The molecule has 1 aromatic rings.